The first-order valence-electron chi connectivity index (χ1n) is 8.16. The smallest absolute Gasteiger partial charge is 0.254 e. The number of nitrogens with two attached hydrogens (primary N) is 1. The normalized spacial score (nSPS) is 10.5. The van der Waals surface area contributed by atoms with Crippen LogP contribution in [0, 0.1) is 11.6 Å². The zero-order valence-corrected chi connectivity index (χ0v) is 14.0. The van der Waals surface area contributed by atoms with E-state index in [-0.39, 0.29) is 0 Å². The molecule has 3 aromatic rings. The number of carbonyl (C=O) groups is 1. The maximum atomic E-state index is 14.2. The molecule has 0 bridgehead atoms. The van der Waals surface area contributed by atoms with E-state index in [1.165, 1.54) is 0 Å². The van der Waals surface area contributed by atoms with Crippen LogP contribution in [0.1, 0.15) is 21.5 Å². The molecule has 5 heteroatoms. The molecule has 1 amide bonds. The van der Waals surface area contributed by atoms with Gasteiger partial charge in [0, 0.05) is 18.8 Å². The molecule has 0 atom stereocenters. The highest BCUT2D eigenvalue weighted by Gasteiger charge is 2.19. The quantitative estimate of drug-likeness (QED) is 0.720. The van der Waals surface area contributed by atoms with Gasteiger partial charge in [-0.15, -0.1) is 0 Å². The number of hydrogen-bond acceptors (Lipinski definition) is 2. The van der Waals surface area contributed by atoms with Crippen LogP contribution in [0.3, 0.4) is 0 Å². The van der Waals surface area contributed by atoms with Crippen molar-refractivity contribution in [1.29, 1.82) is 0 Å². The summed E-state index contributed by atoms with van der Waals surface area (Å²) >= 11 is 0. The third-order valence-electron chi connectivity index (χ3n) is 4.07. The largest absolute Gasteiger partial charge is 0.365 e. The van der Waals surface area contributed by atoms with Gasteiger partial charge in [-0.3, -0.25) is 4.79 Å². The number of benzene rings is 3. The highest BCUT2D eigenvalue weighted by atomic mass is 19.1. The van der Waals surface area contributed by atoms with Crippen LogP contribution in [0.4, 0.5) is 14.5 Å². The molecule has 0 aromatic heterocycles. The van der Waals surface area contributed by atoms with E-state index in [4.69, 9.17) is 5.73 Å². The van der Waals surface area contributed by atoms with Crippen LogP contribution in [0.2, 0.25) is 0 Å². The van der Waals surface area contributed by atoms with Crippen LogP contribution in [0.15, 0.2) is 72.8 Å². The average Bonchev–Trinajstić information content (AvgIpc) is 2.62. The Kier molecular flexibility index (Phi) is 5.27. The Hall–Kier alpha value is -3.21. The topological polar surface area (TPSA) is 46.3 Å². The molecular formula is C21H18F2N2O. The van der Waals surface area contributed by atoms with E-state index < -0.39 is 23.1 Å². The Morgan fingerprint density at radius 1 is 0.808 bits per heavy atom. The standard InChI is InChI=1S/C21H18F2N2O/c22-18-11-17(12-19(23)20(18)21(24)26)25(13-15-7-3-1-4-8-15)14-16-9-5-2-6-10-16/h1-12H,13-14H2,(H2,24,26). The minimum atomic E-state index is -1.12. The minimum Gasteiger partial charge on any atom is -0.365 e. The molecule has 0 aliphatic rings. The van der Waals surface area contributed by atoms with Gasteiger partial charge in [0.2, 0.25) is 0 Å². The van der Waals surface area contributed by atoms with Crippen molar-refractivity contribution in [2.75, 3.05) is 4.90 Å². The first-order chi connectivity index (χ1) is 12.5. The molecule has 0 heterocycles. The van der Waals surface area contributed by atoms with Gasteiger partial charge in [0.05, 0.1) is 0 Å². The van der Waals surface area contributed by atoms with E-state index >= 15 is 0 Å². The molecule has 3 aromatic carbocycles. The molecule has 0 aliphatic carbocycles. The van der Waals surface area contributed by atoms with Gasteiger partial charge in [-0.1, -0.05) is 60.7 Å². The Labute approximate surface area is 150 Å². The fourth-order valence-corrected chi connectivity index (χ4v) is 2.82. The number of amides is 1. The number of primary amides is 1. The van der Waals surface area contributed by atoms with Gasteiger partial charge >= 0.3 is 0 Å². The summed E-state index contributed by atoms with van der Waals surface area (Å²) in [5, 5.41) is 0. The van der Waals surface area contributed by atoms with Gasteiger partial charge in [0.1, 0.15) is 17.2 Å². The molecule has 0 radical (unpaired) electrons. The van der Waals surface area contributed by atoms with Crippen molar-refractivity contribution in [3.8, 4) is 0 Å². The molecule has 3 nitrogen and oxygen atoms in total. The summed E-state index contributed by atoms with van der Waals surface area (Å²) in [6.45, 7) is 0.926. The van der Waals surface area contributed by atoms with E-state index in [1.54, 1.807) is 0 Å². The number of rotatable bonds is 6. The Bertz CT molecular complexity index is 834. The fraction of sp³-hybridized carbons (Fsp3) is 0.0952. The Morgan fingerprint density at radius 2 is 1.23 bits per heavy atom. The summed E-state index contributed by atoms with van der Waals surface area (Å²) in [5.74, 6) is -3.04. The van der Waals surface area contributed by atoms with Gasteiger partial charge in [0.15, 0.2) is 0 Å². The molecule has 3 rings (SSSR count). The molecule has 0 fully saturated rings. The van der Waals surface area contributed by atoms with Gasteiger partial charge < -0.3 is 10.6 Å². The zero-order chi connectivity index (χ0) is 18.5. The highest BCUT2D eigenvalue weighted by Crippen LogP contribution is 2.25. The first-order valence-corrected chi connectivity index (χ1v) is 8.16. The molecular weight excluding hydrogens is 334 g/mol. The maximum absolute atomic E-state index is 14.2. The van der Waals surface area contributed by atoms with E-state index in [0.717, 1.165) is 23.3 Å². The van der Waals surface area contributed by atoms with Crippen molar-refractivity contribution in [1.82, 2.24) is 0 Å². The fourth-order valence-electron chi connectivity index (χ4n) is 2.82. The van der Waals surface area contributed by atoms with Gasteiger partial charge in [-0.25, -0.2) is 8.78 Å². The Morgan fingerprint density at radius 3 is 1.62 bits per heavy atom. The number of hydrogen-bond donors (Lipinski definition) is 1. The van der Waals surface area contributed by atoms with E-state index in [2.05, 4.69) is 0 Å². The van der Waals surface area contributed by atoms with Crippen molar-refractivity contribution in [2.24, 2.45) is 5.73 Å². The Balaban J connectivity index is 1.98. The monoisotopic (exact) mass is 352 g/mol. The minimum absolute atomic E-state index is 0.345. The predicted octanol–water partition coefficient (Wildman–Crippen LogP) is 4.27. The molecule has 0 saturated carbocycles. The second-order valence-electron chi connectivity index (χ2n) is 5.98. The summed E-state index contributed by atoms with van der Waals surface area (Å²) in [6.07, 6.45) is 0. The molecule has 132 valence electrons. The molecule has 0 aliphatic heterocycles. The van der Waals surface area contributed by atoms with Crippen LogP contribution in [0.5, 0.6) is 0 Å². The van der Waals surface area contributed by atoms with Crippen LogP contribution < -0.4 is 10.6 Å². The number of carbonyl (C=O) groups excluding carboxylic acids is 1. The van der Waals surface area contributed by atoms with Gasteiger partial charge in [-0.2, -0.15) is 0 Å². The summed E-state index contributed by atoms with van der Waals surface area (Å²) in [6, 6.07) is 21.5. The van der Waals surface area contributed by atoms with Crippen molar-refractivity contribution >= 4 is 11.6 Å². The highest BCUT2D eigenvalue weighted by molar-refractivity contribution is 5.93. The summed E-state index contributed by atoms with van der Waals surface area (Å²) in [4.78, 5) is 13.1. The maximum Gasteiger partial charge on any atom is 0.254 e. The number of halogens is 2. The lowest BCUT2D eigenvalue weighted by atomic mass is 10.1. The molecule has 26 heavy (non-hydrogen) atoms. The molecule has 0 spiro atoms. The van der Waals surface area contributed by atoms with Crippen molar-refractivity contribution < 1.29 is 13.6 Å². The second kappa shape index (κ2) is 7.78. The predicted molar refractivity (Wildman–Crippen MR) is 97.6 cm³/mol. The lowest BCUT2D eigenvalue weighted by Gasteiger charge is -2.26. The van der Waals surface area contributed by atoms with E-state index in [1.807, 2.05) is 65.6 Å². The van der Waals surface area contributed by atoms with Crippen molar-refractivity contribution in [3.63, 3.8) is 0 Å². The van der Waals surface area contributed by atoms with E-state index in [0.29, 0.717) is 18.8 Å². The summed E-state index contributed by atoms with van der Waals surface area (Å²) in [5.41, 5.74) is 6.69. The first kappa shape index (κ1) is 17.6. The van der Waals surface area contributed by atoms with Gasteiger partial charge in [0.25, 0.3) is 5.91 Å². The average molecular weight is 352 g/mol. The molecule has 0 saturated heterocycles. The summed E-state index contributed by atoms with van der Waals surface area (Å²) < 4.78 is 28.5. The van der Waals surface area contributed by atoms with Crippen molar-refractivity contribution in [2.45, 2.75) is 13.1 Å². The molecule has 0 unspecified atom stereocenters. The van der Waals surface area contributed by atoms with Crippen LogP contribution >= 0.6 is 0 Å². The lowest BCUT2D eigenvalue weighted by molar-refractivity contribution is 0.0992. The van der Waals surface area contributed by atoms with Gasteiger partial charge in [-0.05, 0) is 23.3 Å². The third kappa shape index (κ3) is 4.06. The third-order valence-corrected chi connectivity index (χ3v) is 4.07. The zero-order valence-electron chi connectivity index (χ0n) is 14.0. The van der Waals surface area contributed by atoms with Crippen LogP contribution in [-0.2, 0) is 13.1 Å². The lowest BCUT2D eigenvalue weighted by Crippen LogP contribution is -2.23. The van der Waals surface area contributed by atoms with E-state index in [9.17, 15) is 13.6 Å². The van der Waals surface area contributed by atoms with Crippen molar-refractivity contribution in [3.05, 3.63) is 101 Å². The SMILES string of the molecule is NC(=O)c1c(F)cc(N(Cc2ccccc2)Cc2ccccc2)cc1F. The molecule has 2 N–H and O–H groups in total. The number of nitrogens with zero attached hydrogens (tertiary/aromatic N) is 1. The summed E-state index contributed by atoms with van der Waals surface area (Å²) in [7, 11) is 0. The van der Waals surface area contributed by atoms with Crippen LogP contribution in [0.25, 0.3) is 0 Å². The number of anilines is 1. The second-order valence-corrected chi connectivity index (χ2v) is 5.98. The van der Waals surface area contributed by atoms with Crippen LogP contribution in [-0.4, -0.2) is 5.91 Å².